The first-order valence-electron chi connectivity index (χ1n) is 8.34. The van der Waals surface area contributed by atoms with Gasteiger partial charge in [-0.05, 0) is 43.6 Å². The number of amides is 2. The minimum absolute atomic E-state index is 0.00808. The summed E-state index contributed by atoms with van der Waals surface area (Å²) in [5.41, 5.74) is 2.25. The van der Waals surface area contributed by atoms with Crippen molar-refractivity contribution in [1.82, 2.24) is 15.1 Å². The fraction of sp³-hybridized carbons (Fsp3) is 0.350. The van der Waals surface area contributed by atoms with Gasteiger partial charge in [-0.25, -0.2) is 4.79 Å². The second-order valence-electron chi connectivity index (χ2n) is 6.31. The minimum atomic E-state index is -0.0646. The minimum Gasteiger partial charge on any atom is -0.334 e. The van der Waals surface area contributed by atoms with E-state index in [9.17, 15) is 4.79 Å². The smallest absolute Gasteiger partial charge is 0.317 e. The van der Waals surface area contributed by atoms with Gasteiger partial charge >= 0.3 is 6.03 Å². The molecule has 0 aliphatic rings. The zero-order valence-electron chi connectivity index (χ0n) is 15.4. The molecule has 134 valence electrons. The van der Waals surface area contributed by atoms with Crippen molar-refractivity contribution in [3.05, 3.63) is 65.7 Å². The lowest BCUT2D eigenvalue weighted by atomic mass is 10.1. The van der Waals surface area contributed by atoms with Gasteiger partial charge in [-0.1, -0.05) is 42.5 Å². The van der Waals surface area contributed by atoms with E-state index in [1.54, 1.807) is 16.7 Å². The number of carbonyl (C=O) groups excluding carboxylic acids is 1. The molecule has 0 saturated carbocycles. The Morgan fingerprint density at radius 1 is 1.08 bits per heavy atom. The third-order valence-corrected chi connectivity index (χ3v) is 4.81. The molecule has 0 aliphatic carbocycles. The number of nitrogens with one attached hydrogen (secondary N) is 1. The largest absolute Gasteiger partial charge is 0.334 e. The van der Waals surface area contributed by atoms with E-state index in [0.717, 1.165) is 17.7 Å². The maximum absolute atomic E-state index is 12.7. The monoisotopic (exact) mass is 357 g/mol. The molecule has 0 aliphatic heterocycles. The van der Waals surface area contributed by atoms with Gasteiger partial charge in [0, 0.05) is 25.0 Å². The average Bonchev–Trinajstić information content (AvgIpc) is 2.64. The second-order valence-corrected chi connectivity index (χ2v) is 7.19. The van der Waals surface area contributed by atoms with Crippen LogP contribution in [0.3, 0.4) is 0 Å². The van der Waals surface area contributed by atoms with Crippen LogP contribution >= 0.6 is 11.8 Å². The number of benzene rings is 2. The van der Waals surface area contributed by atoms with Crippen molar-refractivity contribution in [2.24, 2.45) is 0 Å². The van der Waals surface area contributed by atoms with E-state index in [1.165, 1.54) is 4.90 Å². The molecule has 2 aromatic rings. The van der Waals surface area contributed by atoms with E-state index in [-0.39, 0.29) is 12.1 Å². The molecule has 0 saturated heterocycles. The van der Waals surface area contributed by atoms with Crippen molar-refractivity contribution in [1.29, 1.82) is 0 Å². The number of thioether (sulfide) groups is 1. The standard InChI is InChI=1S/C20H27N3OS/c1-22(2)15-19(17-10-6-5-7-11-17)23(3)20(24)21-14-16-9-8-12-18(13-16)25-4/h5-13,19H,14-15H2,1-4H3,(H,21,24)/t19-/m1/s1. The highest BCUT2D eigenvalue weighted by Gasteiger charge is 2.22. The average molecular weight is 358 g/mol. The second kappa shape index (κ2) is 9.49. The van der Waals surface area contributed by atoms with Gasteiger partial charge in [0.2, 0.25) is 0 Å². The van der Waals surface area contributed by atoms with Crippen molar-refractivity contribution in [3.63, 3.8) is 0 Å². The lowest BCUT2D eigenvalue weighted by Gasteiger charge is -2.31. The van der Waals surface area contributed by atoms with Crippen molar-refractivity contribution in [3.8, 4) is 0 Å². The van der Waals surface area contributed by atoms with Crippen LogP contribution in [0.5, 0.6) is 0 Å². The van der Waals surface area contributed by atoms with Gasteiger partial charge in [0.15, 0.2) is 0 Å². The Morgan fingerprint density at radius 3 is 2.44 bits per heavy atom. The maximum atomic E-state index is 12.7. The van der Waals surface area contributed by atoms with Crippen LogP contribution in [0.2, 0.25) is 0 Å². The molecule has 0 radical (unpaired) electrons. The first kappa shape index (κ1) is 19.3. The van der Waals surface area contributed by atoms with Crippen LogP contribution in [0.4, 0.5) is 4.79 Å². The summed E-state index contributed by atoms with van der Waals surface area (Å²) in [6.45, 7) is 1.30. The number of nitrogens with zero attached hydrogens (tertiary/aromatic N) is 2. The molecule has 2 rings (SSSR count). The molecule has 1 atom stereocenters. The Hall–Kier alpha value is -1.98. The predicted octanol–water partition coefficient (Wildman–Crippen LogP) is 3.85. The third-order valence-electron chi connectivity index (χ3n) is 4.09. The molecule has 0 heterocycles. The van der Waals surface area contributed by atoms with E-state index in [4.69, 9.17) is 0 Å². The SMILES string of the molecule is CSc1cccc(CNC(=O)N(C)[C@H](CN(C)C)c2ccccc2)c1. The molecular weight excluding hydrogens is 330 g/mol. The van der Waals surface area contributed by atoms with Gasteiger partial charge in [0.1, 0.15) is 0 Å². The molecule has 0 aromatic heterocycles. The van der Waals surface area contributed by atoms with Crippen LogP contribution in [0.15, 0.2) is 59.5 Å². The Kier molecular flexibility index (Phi) is 7.34. The highest BCUT2D eigenvalue weighted by Crippen LogP contribution is 2.20. The molecule has 4 nitrogen and oxygen atoms in total. The lowest BCUT2D eigenvalue weighted by Crippen LogP contribution is -2.42. The zero-order chi connectivity index (χ0) is 18.2. The Morgan fingerprint density at radius 2 is 1.80 bits per heavy atom. The summed E-state index contributed by atoms with van der Waals surface area (Å²) < 4.78 is 0. The van der Waals surface area contributed by atoms with E-state index in [0.29, 0.717) is 6.54 Å². The van der Waals surface area contributed by atoms with Crippen LogP contribution in [-0.2, 0) is 6.54 Å². The van der Waals surface area contributed by atoms with E-state index in [2.05, 4.69) is 40.7 Å². The first-order valence-corrected chi connectivity index (χ1v) is 9.57. The molecule has 0 unspecified atom stereocenters. The highest BCUT2D eigenvalue weighted by molar-refractivity contribution is 7.98. The van der Waals surface area contributed by atoms with Gasteiger partial charge in [-0.2, -0.15) is 0 Å². The number of hydrogen-bond donors (Lipinski definition) is 1. The molecule has 2 aromatic carbocycles. The molecule has 1 N–H and O–H groups in total. The van der Waals surface area contributed by atoms with Gasteiger partial charge in [-0.3, -0.25) is 0 Å². The van der Waals surface area contributed by atoms with Gasteiger partial charge in [0.25, 0.3) is 0 Å². The summed E-state index contributed by atoms with van der Waals surface area (Å²) in [6, 6.07) is 18.3. The summed E-state index contributed by atoms with van der Waals surface area (Å²) in [6.07, 6.45) is 2.05. The van der Waals surface area contributed by atoms with Crippen molar-refractivity contribution in [2.75, 3.05) is 33.9 Å². The van der Waals surface area contributed by atoms with Gasteiger partial charge < -0.3 is 15.1 Å². The van der Waals surface area contributed by atoms with Gasteiger partial charge in [0.05, 0.1) is 6.04 Å². The van der Waals surface area contributed by atoms with E-state index in [1.807, 2.05) is 51.5 Å². The first-order chi connectivity index (χ1) is 12.0. The third kappa shape index (κ3) is 5.80. The van der Waals surface area contributed by atoms with Crippen LogP contribution in [0.25, 0.3) is 0 Å². The van der Waals surface area contributed by atoms with E-state index >= 15 is 0 Å². The lowest BCUT2D eigenvalue weighted by molar-refractivity contribution is 0.176. The summed E-state index contributed by atoms with van der Waals surface area (Å²) in [4.78, 5) is 17.7. The Labute approximate surface area is 155 Å². The quantitative estimate of drug-likeness (QED) is 0.765. The van der Waals surface area contributed by atoms with Crippen molar-refractivity contribution < 1.29 is 4.79 Å². The maximum Gasteiger partial charge on any atom is 0.317 e. The molecule has 25 heavy (non-hydrogen) atoms. The molecule has 0 bridgehead atoms. The van der Waals surface area contributed by atoms with Gasteiger partial charge in [-0.15, -0.1) is 11.8 Å². The molecular formula is C20H27N3OS. The fourth-order valence-electron chi connectivity index (χ4n) is 2.70. The highest BCUT2D eigenvalue weighted by atomic mass is 32.2. The number of hydrogen-bond acceptors (Lipinski definition) is 3. The van der Waals surface area contributed by atoms with Crippen LogP contribution < -0.4 is 5.32 Å². The predicted molar refractivity (Wildman–Crippen MR) is 106 cm³/mol. The Balaban J connectivity index is 2.04. The molecule has 0 fully saturated rings. The fourth-order valence-corrected chi connectivity index (χ4v) is 3.18. The zero-order valence-corrected chi connectivity index (χ0v) is 16.2. The van der Waals surface area contributed by atoms with Crippen LogP contribution in [0, 0.1) is 0 Å². The summed E-state index contributed by atoms with van der Waals surface area (Å²) in [7, 11) is 5.90. The normalized spacial score (nSPS) is 12.0. The summed E-state index contributed by atoms with van der Waals surface area (Å²) in [5, 5.41) is 3.03. The number of likely N-dealkylation sites (N-methyl/N-ethyl adjacent to an activating group) is 2. The molecule has 5 heteroatoms. The van der Waals surface area contributed by atoms with Crippen LogP contribution in [-0.4, -0.2) is 49.8 Å². The van der Waals surface area contributed by atoms with E-state index < -0.39 is 0 Å². The number of urea groups is 1. The molecule has 2 amide bonds. The number of rotatable bonds is 7. The topological polar surface area (TPSA) is 35.6 Å². The van der Waals surface area contributed by atoms with Crippen LogP contribution in [0.1, 0.15) is 17.2 Å². The Bertz CT molecular complexity index is 676. The van der Waals surface area contributed by atoms with Crippen molar-refractivity contribution >= 4 is 17.8 Å². The summed E-state index contributed by atoms with van der Waals surface area (Å²) in [5.74, 6) is 0. The number of carbonyl (C=O) groups is 1. The molecule has 0 spiro atoms. The summed E-state index contributed by atoms with van der Waals surface area (Å²) >= 11 is 1.70. The van der Waals surface area contributed by atoms with Crippen molar-refractivity contribution in [2.45, 2.75) is 17.5 Å².